The second-order valence-electron chi connectivity index (χ2n) is 5.96. The van der Waals surface area contributed by atoms with Crippen molar-refractivity contribution in [3.63, 3.8) is 0 Å². The molecule has 1 unspecified atom stereocenters. The first-order valence-electron chi connectivity index (χ1n) is 6.52. The molecule has 3 nitrogen and oxygen atoms in total. The van der Waals surface area contributed by atoms with Crippen molar-refractivity contribution in [2.75, 3.05) is 0 Å². The van der Waals surface area contributed by atoms with E-state index in [1.807, 2.05) is 20.8 Å². The van der Waals surface area contributed by atoms with Gasteiger partial charge in [-0.3, -0.25) is 0 Å². The summed E-state index contributed by atoms with van der Waals surface area (Å²) in [6.07, 6.45) is 1.80. The summed E-state index contributed by atoms with van der Waals surface area (Å²) in [6.45, 7) is 7.28. The summed E-state index contributed by atoms with van der Waals surface area (Å²) in [5.74, 6) is -0.101. The highest BCUT2D eigenvalue weighted by molar-refractivity contribution is 7.12. The normalized spacial score (nSPS) is 18.9. The highest BCUT2D eigenvalue weighted by atomic mass is 32.1. The molecule has 0 bridgehead atoms. The van der Waals surface area contributed by atoms with Crippen molar-refractivity contribution in [3.05, 3.63) is 21.1 Å². The number of hydrogen-bond acceptors (Lipinski definition) is 3. The number of fused-ring (bicyclic) bond motifs is 1. The van der Waals surface area contributed by atoms with E-state index in [0.29, 0.717) is 6.42 Å². The van der Waals surface area contributed by atoms with Crippen molar-refractivity contribution in [1.82, 2.24) is 5.32 Å². The number of alkyl carbamates (subject to hydrolysis) is 1. The summed E-state index contributed by atoms with van der Waals surface area (Å²) >= 11 is 1.53. The molecule has 1 N–H and O–H groups in total. The molecule has 0 fully saturated rings. The highest BCUT2D eigenvalue weighted by Gasteiger charge is 2.27. The van der Waals surface area contributed by atoms with E-state index in [-0.39, 0.29) is 11.9 Å². The van der Waals surface area contributed by atoms with Gasteiger partial charge in [-0.15, -0.1) is 11.3 Å². The van der Waals surface area contributed by atoms with Crippen LogP contribution in [0.25, 0.3) is 0 Å². The Kier molecular flexibility index (Phi) is 3.85. The minimum atomic E-state index is -0.506. The third-order valence-electron chi connectivity index (χ3n) is 3.08. The van der Waals surface area contributed by atoms with Crippen molar-refractivity contribution >= 4 is 17.4 Å². The first-order chi connectivity index (χ1) is 8.76. The van der Waals surface area contributed by atoms with Crippen LogP contribution in [0, 0.1) is 12.7 Å². The van der Waals surface area contributed by atoms with Crippen molar-refractivity contribution in [2.45, 2.75) is 58.6 Å². The summed E-state index contributed by atoms with van der Waals surface area (Å²) in [5.41, 5.74) is 0.267. The van der Waals surface area contributed by atoms with E-state index < -0.39 is 11.7 Å². The molecule has 19 heavy (non-hydrogen) atoms. The van der Waals surface area contributed by atoms with Crippen molar-refractivity contribution in [2.24, 2.45) is 0 Å². The molecule has 5 heteroatoms. The zero-order valence-electron chi connectivity index (χ0n) is 11.8. The number of amides is 1. The third kappa shape index (κ3) is 3.47. The maximum Gasteiger partial charge on any atom is 0.407 e. The SMILES string of the molecule is Cc1sc2c(c1F)CC(NC(=O)OC(C)(C)C)CC2. The lowest BCUT2D eigenvalue weighted by atomic mass is 9.94. The highest BCUT2D eigenvalue weighted by Crippen LogP contribution is 2.32. The number of hydrogen-bond donors (Lipinski definition) is 1. The van der Waals surface area contributed by atoms with Crippen molar-refractivity contribution in [3.8, 4) is 0 Å². The minimum absolute atomic E-state index is 0.0363. The molecule has 0 aliphatic heterocycles. The maximum absolute atomic E-state index is 13.9. The van der Waals surface area contributed by atoms with Crippen LogP contribution in [-0.4, -0.2) is 17.7 Å². The Morgan fingerprint density at radius 2 is 2.16 bits per heavy atom. The lowest BCUT2D eigenvalue weighted by Gasteiger charge is -2.26. The molecular weight excluding hydrogens is 265 g/mol. The van der Waals surface area contributed by atoms with Gasteiger partial charge in [0.05, 0.1) is 0 Å². The monoisotopic (exact) mass is 285 g/mol. The summed E-state index contributed by atoms with van der Waals surface area (Å²) < 4.78 is 19.1. The van der Waals surface area contributed by atoms with Crippen LogP contribution in [0.1, 0.15) is 42.5 Å². The van der Waals surface area contributed by atoms with E-state index in [1.165, 1.54) is 11.3 Å². The molecule has 1 amide bonds. The second-order valence-corrected chi connectivity index (χ2v) is 7.27. The van der Waals surface area contributed by atoms with Gasteiger partial charge in [0.15, 0.2) is 0 Å². The molecule has 1 aromatic rings. The zero-order chi connectivity index (χ0) is 14.2. The van der Waals surface area contributed by atoms with Crippen LogP contribution in [0.2, 0.25) is 0 Å². The van der Waals surface area contributed by atoms with E-state index in [0.717, 1.165) is 28.2 Å². The molecule has 0 spiro atoms. The van der Waals surface area contributed by atoms with Crippen LogP contribution >= 0.6 is 11.3 Å². The van der Waals surface area contributed by atoms with Crippen LogP contribution in [0.3, 0.4) is 0 Å². The molecule has 0 saturated heterocycles. The molecule has 0 aromatic carbocycles. The third-order valence-corrected chi connectivity index (χ3v) is 4.26. The largest absolute Gasteiger partial charge is 0.444 e. The fourth-order valence-corrected chi connectivity index (χ4v) is 3.38. The second kappa shape index (κ2) is 5.12. The Morgan fingerprint density at radius 3 is 2.79 bits per heavy atom. The van der Waals surface area contributed by atoms with Gasteiger partial charge >= 0.3 is 6.09 Å². The first-order valence-corrected chi connectivity index (χ1v) is 7.34. The fraction of sp³-hybridized carbons (Fsp3) is 0.643. The van der Waals surface area contributed by atoms with Crippen LogP contribution in [0.15, 0.2) is 0 Å². The molecule has 2 rings (SSSR count). The molecule has 1 aromatic heterocycles. The molecule has 1 atom stereocenters. The van der Waals surface area contributed by atoms with Gasteiger partial charge in [-0.25, -0.2) is 9.18 Å². The average Bonchev–Trinajstić information content (AvgIpc) is 2.53. The Balaban J connectivity index is 1.99. The minimum Gasteiger partial charge on any atom is -0.444 e. The Hall–Kier alpha value is -1.10. The lowest BCUT2D eigenvalue weighted by molar-refractivity contribution is 0.0500. The number of nitrogens with one attached hydrogen (secondary N) is 1. The van der Waals surface area contributed by atoms with Gasteiger partial charge in [0.2, 0.25) is 0 Å². The van der Waals surface area contributed by atoms with Gasteiger partial charge in [-0.05, 0) is 47.0 Å². The smallest absolute Gasteiger partial charge is 0.407 e. The number of aryl methyl sites for hydroxylation is 2. The molecule has 1 heterocycles. The van der Waals surface area contributed by atoms with E-state index in [1.54, 1.807) is 6.92 Å². The lowest BCUT2D eigenvalue weighted by Crippen LogP contribution is -2.41. The van der Waals surface area contributed by atoms with Gasteiger partial charge in [-0.2, -0.15) is 0 Å². The average molecular weight is 285 g/mol. The summed E-state index contributed by atoms with van der Waals surface area (Å²) in [7, 11) is 0. The van der Waals surface area contributed by atoms with Crippen molar-refractivity contribution < 1.29 is 13.9 Å². The number of carbonyl (C=O) groups excluding carboxylic acids is 1. The summed E-state index contributed by atoms with van der Waals surface area (Å²) in [5, 5.41) is 2.83. The number of thiophene rings is 1. The first kappa shape index (κ1) is 14.3. The van der Waals surface area contributed by atoms with E-state index in [4.69, 9.17) is 4.74 Å². The number of ether oxygens (including phenoxy) is 1. The van der Waals surface area contributed by atoms with Gasteiger partial charge in [0, 0.05) is 21.4 Å². The Morgan fingerprint density at radius 1 is 1.47 bits per heavy atom. The predicted octanol–water partition coefficient (Wildman–Crippen LogP) is 3.58. The topological polar surface area (TPSA) is 38.3 Å². The fourth-order valence-electron chi connectivity index (χ4n) is 2.28. The van der Waals surface area contributed by atoms with Crippen LogP contribution in [0.4, 0.5) is 9.18 Å². The predicted molar refractivity (Wildman–Crippen MR) is 74.2 cm³/mol. The van der Waals surface area contributed by atoms with E-state index in [2.05, 4.69) is 5.32 Å². The van der Waals surface area contributed by atoms with E-state index in [9.17, 15) is 9.18 Å². The van der Waals surface area contributed by atoms with E-state index >= 15 is 0 Å². The number of rotatable bonds is 1. The molecule has 1 aliphatic rings. The van der Waals surface area contributed by atoms with Gasteiger partial charge < -0.3 is 10.1 Å². The summed E-state index contributed by atoms with van der Waals surface area (Å²) in [6, 6.07) is -0.0363. The van der Waals surface area contributed by atoms with Crippen LogP contribution in [-0.2, 0) is 17.6 Å². The van der Waals surface area contributed by atoms with Crippen LogP contribution < -0.4 is 5.32 Å². The van der Waals surface area contributed by atoms with Gasteiger partial charge in [0.1, 0.15) is 11.4 Å². The Bertz CT molecular complexity index is 490. The van der Waals surface area contributed by atoms with Gasteiger partial charge in [-0.1, -0.05) is 0 Å². The maximum atomic E-state index is 13.9. The summed E-state index contributed by atoms with van der Waals surface area (Å²) in [4.78, 5) is 13.6. The molecule has 0 radical (unpaired) electrons. The number of halogens is 1. The van der Waals surface area contributed by atoms with Crippen LogP contribution in [0.5, 0.6) is 0 Å². The molecule has 106 valence electrons. The number of carbonyl (C=O) groups is 1. The quantitative estimate of drug-likeness (QED) is 0.856. The van der Waals surface area contributed by atoms with Crippen molar-refractivity contribution in [1.29, 1.82) is 0 Å². The Labute approximate surface area is 117 Å². The zero-order valence-corrected chi connectivity index (χ0v) is 12.6. The standard InChI is InChI=1S/C14H20FNO2S/c1-8-12(15)10-7-9(5-6-11(10)19-8)16-13(17)18-14(2,3)4/h9H,5-7H2,1-4H3,(H,16,17). The molecular formula is C14H20FNO2S. The molecule has 0 saturated carbocycles. The van der Waals surface area contributed by atoms with Gasteiger partial charge in [0.25, 0.3) is 0 Å². The molecule has 1 aliphatic carbocycles.